The van der Waals surface area contributed by atoms with E-state index in [0.29, 0.717) is 5.56 Å². The van der Waals surface area contributed by atoms with Gasteiger partial charge >= 0.3 is 23.0 Å². The van der Waals surface area contributed by atoms with Gasteiger partial charge in [0.15, 0.2) is 11.6 Å². The molecule has 0 aliphatic heterocycles. The first-order valence-corrected chi connectivity index (χ1v) is 10.3. The number of nitrogens with zero attached hydrogens (tertiary/aromatic N) is 4. The molecule has 33 heavy (non-hydrogen) atoms. The molecule has 0 saturated heterocycles. The number of amidine groups is 1. The van der Waals surface area contributed by atoms with Crippen LogP contribution in [0.25, 0.3) is 5.43 Å². The number of carboxylic acids is 1. The summed E-state index contributed by atoms with van der Waals surface area (Å²) in [5.41, 5.74) is 9.29. The van der Waals surface area contributed by atoms with E-state index in [1.165, 1.54) is 12.1 Å². The van der Waals surface area contributed by atoms with Gasteiger partial charge in [-0.2, -0.15) is 8.42 Å². The van der Waals surface area contributed by atoms with Gasteiger partial charge in [-0.25, -0.2) is 4.79 Å². The van der Waals surface area contributed by atoms with Gasteiger partial charge in [0.1, 0.15) is 5.69 Å². The van der Waals surface area contributed by atoms with Gasteiger partial charge in [-0.3, -0.25) is 4.55 Å². The molecule has 0 unspecified atom stereocenters. The van der Waals surface area contributed by atoms with Gasteiger partial charge < -0.3 is 26.5 Å². The fourth-order valence-corrected chi connectivity index (χ4v) is 3.04. The maximum absolute atomic E-state index is 11.4. The van der Waals surface area contributed by atoms with Gasteiger partial charge in [0, 0.05) is 11.1 Å². The topological polar surface area (TPSA) is 189 Å². The Morgan fingerprint density at radius 2 is 1.64 bits per heavy atom. The Kier molecular flexibility index (Phi) is 8.26. The van der Waals surface area contributed by atoms with E-state index in [-0.39, 0.29) is 45.5 Å². The van der Waals surface area contributed by atoms with Crippen molar-refractivity contribution in [3.05, 3.63) is 83.3 Å². The molecule has 13 heteroatoms. The number of hydrogen-bond donors (Lipinski definition) is 4. The quantitative estimate of drug-likeness (QED) is 0.0553. The van der Waals surface area contributed by atoms with Crippen LogP contribution in [0.4, 0.5) is 17.1 Å². The molecule has 0 radical (unpaired) electrons. The van der Waals surface area contributed by atoms with Crippen LogP contribution < -0.4 is 5.73 Å². The van der Waals surface area contributed by atoms with E-state index < -0.39 is 26.7 Å². The van der Waals surface area contributed by atoms with Crippen molar-refractivity contribution in [2.45, 2.75) is 4.90 Å². The van der Waals surface area contributed by atoms with E-state index >= 15 is 0 Å². The predicted molar refractivity (Wildman–Crippen MR) is 116 cm³/mol. The molecule has 0 aliphatic rings. The zero-order valence-electron chi connectivity index (χ0n) is 16.5. The molecule has 0 bridgehead atoms. The van der Waals surface area contributed by atoms with Crippen LogP contribution in [0.1, 0.15) is 15.9 Å². The van der Waals surface area contributed by atoms with Crippen molar-refractivity contribution in [3.8, 4) is 5.75 Å². The number of benzene rings is 3. The number of azo groups is 1. The Morgan fingerprint density at radius 1 is 1.00 bits per heavy atom. The molecule has 5 N–H and O–H groups in total. The Labute approximate surface area is 198 Å². The number of anilines is 1. The van der Waals surface area contributed by atoms with E-state index in [2.05, 4.69) is 20.8 Å². The van der Waals surface area contributed by atoms with Gasteiger partial charge in [0.05, 0.1) is 10.6 Å². The van der Waals surface area contributed by atoms with Crippen molar-refractivity contribution in [2.24, 2.45) is 15.3 Å². The van der Waals surface area contributed by atoms with Crippen LogP contribution in [0, 0.1) is 0 Å². The third-order valence-electron chi connectivity index (χ3n) is 4.06. The minimum absolute atomic E-state index is 0. The van der Waals surface area contributed by atoms with E-state index in [1.54, 1.807) is 42.5 Å². The average Bonchev–Trinajstić information content (AvgIpc) is 2.76. The maximum Gasteiger partial charge on any atom is 1.00 e. The Hall–Kier alpha value is -3.77. The number of aromatic hydroxyl groups is 1. The molecule has 0 aliphatic carbocycles. The van der Waals surface area contributed by atoms with Crippen molar-refractivity contribution < 1.29 is 45.0 Å². The number of nitrogen functional groups attached to an aromatic ring is 1. The Morgan fingerprint density at radius 3 is 2.27 bits per heavy atom. The fraction of sp³-hybridized carbons (Fsp3) is 0. The number of phenolic OH excluding ortho intramolecular Hbond substituents is 1. The van der Waals surface area contributed by atoms with Crippen LogP contribution in [-0.2, 0) is 27.2 Å². The van der Waals surface area contributed by atoms with Crippen molar-refractivity contribution in [3.63, 3.8) is 0 Å². The summed E-state index contributed by atoms with van der Waals surface area (Å²) in [6.45, 7) is 0. The summed E-state index contributed by atoms with van der Waals surface area (Å²) in [5, 5.41) is 31.1. The molecule has 3 rings (SSSR count). The average molecular weight is 518 g/mol. The first-order valence-electron chi connectivity index (χ1n) is 8.85. The Bertz CT molecular complexity index is 1330. The zero-order chi connectivity index (χ0) is 23.3. The number of phenols is 1. The molecule has 3 aromatic carbocycles. The second kappa shape index (κ2) is 10.7. The molecular formula is C20H16CuN5O6S. The minimum Gasteiger partial charge on any atom is -0.573 e. The van der Waals surface area contributed by atoms with Gasteiger partial charge in [0.25, 0.3) is 10.1 Å². The van der Waals surface area contributed by atoms with E-state index in [0.717, 1.165) is 12.1 Å². The smallest absolute Gasteiger partial charge is 0.573 e. The van der Waals surface area contributed by atoms with Crippen LogP contribution in [0.2, 0.25) is 0 Å². The van der Waals surface area contributed by atoms with Crippen LogP contribution in [-0.4, -0.2) is 35.0 Å². The summed E-state index contributed by atoms with van der Waals surface area (Å²) in [5.74, 6) is -1.81. The molecule has 0 atom stereocenters. The Balaban J connectivity index is 0.00000385. The molecule has 0 heterocycles. The van der Waals surface area contributed by atoms with Gasteiger partial charge in [-0.15, -0.1) is 15.9 Å². The third kappa shape index (κ3) is 6.37. The van der Waals surface area contributed by atoms with E-state index in [4.69, 9.17) is 5.73 Å². The summed E-state index contributed by atoms with van der Waals surface area (Å²) in [6, 6.07) is 16.1. The standard InChI is InChI=1S/C20H17N5O6S.Cu/c21-15-10-13(32(29,30)31)11-17(18(15)26)23-25-19(12-6-2-1-3-7-12)24-22-16-9-5-4-8-14(16)20(27)28;/h1-11H,(H6,21,22,23,24,25,26,27,28,29,30,31);/q;+1/p-1. The number of aromatic carboxylic acids is 1. The van der Waals surface area contributed by atoms with E-state index in [9.17, 15) is 28.0 Å². The van der Waals surface area contributed by atoms with Gasteiger partial charge in [-0.05, 0) is 18.2 Å². The monoisotopic (exact) mass is 517 g/mol. The molecule has 0 amide bonds. The van der Waals surface area contributed by atoms with Crippen molar-refractivity contribution in [1.82, 2.24) is 0 Å². The first kappa shape index (κ1) is 25.5. The zero-order valence-corrected chi connectivity index (χ0v) is 18.3. The molecule has 3 aromatic rings. The van der Waals surface area contributed by atoms with Crippen LogP contribution >= 0.6 is 0 Å². The summed E-state index contributed by atoms with van der Waals surface area (Å²) in [4.78, 5) is 10.8. The molecular weight excluding hydrogens is 502 g/mol. The normalized spacial score (nSPS) is 11.7. The van der Waals surface area contributed by atoms with Crippen molar-refractivity contribution in [2.75, 3.05) is 5.73 Å². The maximum atomic E-state index is 11.4. The number of rotatable bonds is 6. The number of hydrogen-bond acceptors (Lipinski definition) is 7. The van der Waals surface area contributed by atoms with Crippen LogP contribution in [0.5, 0.6) is 5.75 Å². The van der Waals surface area contributed by atoms with Crippen LogP contribution in [0.3, 0.4) is 0 Å². The number of carboxylic acid groups (broad SMARTS) is 1. The molecule has 0 spiro atoms. The molecule has 11 nitrogen and oxygen atoms in total. The van der Waals surface area contributed by atoms with Crippen molar-refractivity contribution in [1.29, 1.82) is 0 Å². The second-order valence-corrected chi connectivity index (χ2v) is 7.69. The van der Waals surface area contributed by atoms with E-state index in [1.807, 2.05) is 0 Å². The molecule has 174 valence electrons. The van der Waals surface area contributed by atoms with Crippen LogP contribution in [0.15, 0.2) is 87.0 Å². The summed E-state index contributed by atoms with van der Waals surface area (Å²) in [7, 11) is -4.61. The summed E-state index contributed by atoms with van der Waals surface area (Å²) in [6.07, 6.45) is 0. The summed E-state index contributed by atoms with van der Waals surface area (Å²) < 4.78 is 32.1. The molecule has 0 aromatic heterocycles. The first-order chi connectivity index (χ1) is 15.2. The third-order valence-corrected chi connectivity index (χ3v) is 4.89. The fourth-order valence-electron chi connectivity index (χ4n) is 2.51. The number of nitrogens with two attached hydrogens (primary N) is 1. The number of carbonyl (C=O) groups is 1. The second-order valence-electron chi connectivity index (χ2n) is 6.27. The van der Waals surface area contributed by atoms with Gasteiger partial charge in [0.2, 0.25) is 0 Å². The summed E-state index contributed by atoms with van der Waals surface area (Å²) >= 11 is 0. The predicted octanol–water partition coefficient (Wildman–Crippen LogP) is 4.07. The largest absolute Gasteiger partial charge is 1.00 e. The molecule has 0 saturated carbocycles. The minimum atomic E-state index is -4.61. The SMILES string of the molecule is Nc1cc(S(=O)(=O)O)cc(N=N/C(=N\[N-]c2ccccc2C(=O)O)c2ccccc2)c1O.[Cu+]. The van der Waals surface area contributed by atoms with Crippen molar-refractivity contribution >= 4 is 39.0 Å². The molecule has 0 fully saturated rings. The van der Waals surface area contributed by atoms with Gasteiger partial charge in [-0.1, -0.05) is 48.5 Å².